The predicted molar refractivity (Wildman–Crippen MR) is 99.9 cm³/mol. The Morgan fingerprint density at radius 2 is 1.79 bits per heavy atom. The monoisotopic (exact) mass is 317 g/mol. The van der Waals surface area contributed by atoms with Gasteiger partial charge in [-0.1, -0.05) is 17.2 Å². The van der Waals surface area contributed by atoms with E-state index in [-0.39, 0.29) is 0 Å². The molecule has 3 rings (SSSR count). The van der Waals surface area contributed by atoms with E-state index < -0.39 is 0 Å². The molecule has 3 heteroatoms. The van der Waals surface area contributed by atoms with Gasteiger partial charge in [-0.25, -0.2) is 0 Å². The van der Waals surface area contributed by atoms with Crippen LogP contribution in [0.4, 0.5) is 0 Å². The maximum Gasteiger partial charge on any atom is 0.0991 e. The second-order valence-corrected chi connectivity index (χ2v) is 6.47. The minimum atomic E-state index is 0.702. The van der Waals surface area contributed by atoms with Crippen LogP contribution in [-0.4, -0.2) is 11.5 Å². The molecular formula is C21H23N3. The van der Waals surface area contributed by atoms with Crippen molar-refractivity contribution in [2.45, 2.75) is 33.1 Å². The van der Waals surface area contributed by atoms with Crippen LogP contribution >= 0.6 is 0 Å². The first-order valence-electron chi connectivity index (χ1n) is 8.46. The van der Waals surface area contributed by atoms with E-state index in [4.69, 9.17) is 5.73 Å². The number of rotatable bonds is 5. The van der Waals surface area contributed by atoms with Gasteiger partial charge in [0.2, 0.25) is 0 Å². The van der Waals surface area contributed by atoms with E-state index in [1.54, 1.807) is 0 Å². The molecule has 0 aliphatic carbocycles. The van der Waals surface area contributed by atoms with E-state index >= 15 is 0 Å². The van der Waals surface area contributed by atoms with E-state index in [1.807, 2.05) is 18.2 Å². The molecule has 0 spiro atoms. The highest BCUT2D eigenvalue weighted by Crippen LogP contribution is 2.33. The van der Waals surface area contributed by atoms with E-state index in [2.05, 4.69) is 43.1 Å². The molecule has 0 aliphatic heterocycles. The number of nitriles is 1. The summed E-state index contributed by atoms with van der Waals surface area (Å²) in [7, 11) is 0. The Kier molecular flexibility index (Phi) is 4.69. The van der Waals surface area contributed by atoms with Crippen LogP contribution in [0, 0.1) is 25.2 Å². The van der Waals surface area contributed by atoms with E-state index in [0.717, 1.165) is 30.2 Å². The van der Waals surface area contributed by atoms with E-state index in [1.165, 1.54) is 27.9 Å². The molecule has 0 unspecified atom stereocenters. The fourth-order valence-corrected chi connectivity index (χ4v) is 3.39. The van der Waals surface area contributed by atoms with Crippen molar-refractivity contribution in [3.05, 3.63) is 58.7 Å². The molecule has 0 saturated heterocycles. The molecule has 3 nitrogen and oxygen atoms in total. The van der Waals surface area contributed by atoms with Crippen molar-refractivity contribution in [1.82, 2.24) is 4.98 Å². The van der Waals surface area contributed by atoms with Gasteiger partial charge in [0.25, 0.3) is 0 Å². The number of nitrogens with one attached hydrogen (secondary N) is 1. The Labute approximate surface area is 143 Å². The zero-order chi connectivity index (χ0) is 17.1. The van der Waals surface area contributed by atoms with E-state index in [9.17, 15) is 5.26 Å². The van der Waals surface area contributed by atoms with Crippen LogP contribution < -0.4 is 5.73 Å². The second kappa shape index (κ2) is 6.90. The lowest BCUT2D eigenvalue weighted by atomic mass is 9.97. The van der Waals surface area contributed by atoms with Gasteiger partial charge >= 0.3 is 0 Å². The third-order valence-electron chi connectivity index (χ3n) is 4.43. The summed E-state index contributed by atoms with van der Waals surface area (Å²) in [6.07, 6.45) is 3.03. The fraction of sp³-hybridized carbons (Fsp3) is 0.286. The SMILES string of the molecule is Cc1cc(C)cc(-c2[nH]c3ccc(C#N)cc3c2CCCCN)c1. The number of aryl methyl sites for hydroxylation is 3. The van der Waals surface area contributed by atoms with Crippen molar-refractivity contribution < 1.29 is 0 Å². The zero-order valence-corrected chi connectivity index (χ0v) is 14.3. The lowest BCUT2D eigenvalue weighted by molar-refractivity contribution is 0.748. The maximum absolute atomic E-state index is 9.22. The first-order chi connectivity index (χ1) is 11.6. The van der Waals surface area contributed by atoms with Crippen LogP contribution in [0.3, 0.4) is 0 Å². The molecule has 0 radical (unpaired) electrons. The lowest BCUT2D eigenvalue weighted by Gasteiger charge is -2.08. The lowest BCUT2D eigenvalue weighted by Crippen LogP contribution is -1.99. The van der Waals surface area contributed by atoms with Gasteiger partial charge in [0.1, 0.15) is 0 Å². The van der Waals surface area contributed by atoms with Crippen molar-refractivity contribution in [2.75, 3.05) is 6.54 Å². The van der Waals surface area contributed by atoms with Gasteiger partial charge in [-0.3, -0.25) is 0 Å². The molecule has 2 aromatic carbocycles. The molecule has 0 aliphatic rings. The number of hydrogen-bond donors (Lipinski definition) is 2. The number of aromatic amines is 1. The smallest absolute Gasteiger partial charge is 0.0991 e. The Morgan fingerprint density at radius 3 is 2.46 bits per heavy atom. The maximum atomic E-state index is 9.22. The molecule has 24 heavy (non-hydrogen) atoms. The van der Waals surface area contributed by atoms with Gasteiger partial charge in [-0.2, -0.15) is 5.26 Å². The molecule has 3 aromatic rings. The quantitative estimate of drug-likeness (QED) is 0.675. The second-order valence-electron chi connectivity index (χ2n) is 6.47. The highest BCUT2D eigenvalue weighted by molar-refractivity contribution is 5.91. The van der Waals surface area contributed by atoms with Gasteiger partial charge in [-0.05, 0) is 81.1 Å². The number of unbranched alkanes of at least 4 members (excludes halogenated alkanes) is 1. The molecule has 0 fully saturated rings. The molecule has 0 saturated carbocycles. The minimum absolute atomic E-state index is 0.702. The largest absolute Gasteiger partial charge is 0.354 e. The Bertz CT molecular complexity index is 892. The fourth-order valence-electron chi connectivity index (χ4n) is 3.39. The summed E-state index contributed by atoms with van der Waals surface area (Å²) in [6, 6.07) is 14.7. The molecule has 0 amide bonds. The standard InChI is InChI=1S/C21H23N3/c1-14-9-15(2)11-17(10-14)21-18(5-3-4-8-22)19-12-16(13-23)6-7-20(19)24-21/h6-7,9-12,24H,3-5,8,22H2,1-2H3. The number of benzene rings is 2. The summed E-state index contributed by atoms with van der Waals surface area (Å²) in [4.78, 5) is 3.57. The Morgan fingerprint density at radius 1 is 1.04 bits per heavy atom. The molecule has 122 valence electrons. The van der Waals surface area contributed by atoms with Crippen LogP contribution in [0.25, 0.3) is 22.2 Å². The molecule has 0 bridgehead atoms. The average Bonchev–Trinajstić information content (AvgIpc) is 2.92. The number of hydrogen-bond acceptors (Lipinski definition) is 2. The Balaban J connectivity index is 2.18. The topological polar surface area (TPSA) is 65.6 Å². The number of nitrogens with zero attached hydrogens (tertiary/aromatic N) is 1. The van der Waals surface area contributed by atoms with Crippen molar-refractivity contribution >= 4 is 10.9 Å². The van der Waals surface area contributed by atoms with Crippen LogP contribution in [0.5, 0.6) is 0 Å². The van der Waals surface area contributed by atoms with Gasteiger partial charge in [0.15, 0.2) is 0 Å². The summed E-state index contributed by atoms with van der Waals surface area (Å²) in [5, 5.41) is 10.4. The Hall–Kier alpha value is -2.57. The van der Waals surface area contributed by atoms with Gasteiger partial charge in [-0.15, -0.1) is 0 Å². The third-order valence-corrected chi connectivity index (χ3v) is 4.43. The minimum Gasteiger partial charge on any atom is -0.354 e. The number of H-pyrrole nitrogens is 1. The van der Waals surface area contributed by atoms with Crippen LogP contribution in [0.2, 0.25) is 0 Å². The van der Waals surface area contributed by atoms with Crippen LogP contribution in [0.15, 0.2) is 36.4 Å². The van der Waals surface area contributed by atoms with Crippen molar-refractivity contribution in [3.8, 4) is 17.3 Å². The highest BCUT2D eigenvalue weighted by atomic mass is 14.7. The van der Waals surface area contributed by atoms with Crippen LogP contribution in [-0.2, 0) is 6.42 Å². The molecule has 3 N–H and O–H groups in total. The normalized spacial score (nSPS) is 10.9. The summed E-state index contributed by atoms with van der Waals surface area (Å²) >= 11 is 0. The van der Waals surface area contributed by atoms with E-state index in [0.29, 0.717) is 12.1 Å². The highest BCUT2D eigenvalue weighted by Gasteiger charge is 2.14. The predicted octanol–water partition coefficient (Wildman–Crippen LogP) is 4.60. The number of fused-ring (bicyclic) bond motifs is 1. The summed E-state index contributed by atoms with van der Waals surface area (Å²) in [5.41, 5.74) is 13.6. The van der Waals surface area contributed by atoms with Crippen molar-refractivity contribution in [1.29, 1.82) is 5.26 Å². The average molecular weight is 317 g/mol. The molecule has 1 aromatic heterocycles. The first kappa shape index (κ1) is 16.3. The number of aromatic nitrogens is 1. The van der Waals surface area contributed by atoms with Crippen molar-refractivity contribution in [2.24, 2.45) is 5.73 Å². The van der Waals surface area contributed by atoms with Crippen LogP contribution in [0.1, 0.15) is 35.1 Å². The number of nitrogens with two attached hydrogens (primary N) is 1. The molecule has 1 heterocycles. The molecular weight excluding hydrogens is 294 g/mol. The summed E-state index contributed by atoms with van der Waals surface area (Å²) in [5.74, 6) is 0. The third kappa shape index (κ3) is 3.20. The first-order valence-corrected chi connectivity index (χ1v) is 8.46. The summed E-state index contributed by atoms with van der Waals surface area (Å²) in [6.45, 7) is 4.97. The van der Waals surface area contributed by atoms with Gasteiger partial charge in [0, 0.05) is 16.6 Å². The van der Waals surface area contributed by atoms with Crippen molar-refractivity contribution in [3.63, 3.8) is 0 Å². The van der Waals surface area contributed by atoms with Gasteiger partial charge in [0.05, 0.1) is 11.6 Å². The summed E-state index contributed by atoms with van der Waals surface area (Å²) < 4.78 is 0. The zero-order valence-electron chi connectivity index (χ0n) is 14.3. The van der Waals surface area contributed by atoms with Gasteiger partial charge < -0.3 is 10.7 Å². The molecule has 0 atom stereocenters.